The van der Waals surface area contributed by atoms with Gasteiger partial charge in [-0.2, -0.15) is 0 Å². The van der Waals surface area contributed by atoms with Crippen LogP contribution in [0.3, 0.4) is 0 Å². The number of nitrogens with one attached hydrogen (secondary N) is 1. The van der Waals surface area contributed by atoms with E-state index in [4.69, 9.17) is 23.2 Å². The number of carbonyl (C=O) groups excluding carboxylic acids is 3. The van der Waals surface area contributed by atoms with Gasteiger partial charge in [0, 0.05) is 10.6 Å². The molecular formula is C17H12Cl2N2O3S. The van der Waals surface area contributed by atoms with Crippen molar-refractivity contribution in [2.45, 2.75) is 4.90 Å². The van der Waals surface area contributed by atoms with E-state index in [1.165, 1.54) is 12.1 Å². The summed E-state index contributed by atoms with van der Waals surface area (Å²) in [6, 6.07) is 9.94. The Hall–Kier alpha value is -2.02. The maximum atomic E-state index is 12.4. The highest BCUT2D eigenvalue weighted by atomic mass is 35.5. The van der Waals surface area contributed by atoms with E-state index >= 15 is 0 Å². The minimum absolute atomic E-state index is 0.150. The summed E-state index contributed by atoms with van der Waals surface area (Å²) in [6.45, 7) is -0.383. The number of fused-ring (bicyclic) bond motifs is 1. The number of thioether (sulfide) groups is 1. The van der Waals surface area contributed by atoms with Gasteiger partial charge in [0.15, 0.2) is 0 Å². The van der Waals surface area contributed by atoms with Gasteiger partial charge in [0.2, 0.25) is 5.91 Å². The molecule has 0 fully saturated rings. The molecule has 3 rings (SSSR count). The lowest BCUT2D eigenvalue weighted by Crippen LogP contribution is -2.37. The van der Waals surface area contributed by atoms with Crippen LogP contribution in [0.25, 0.3) is 0 Å². The molecule has 0 aromatic heterocycles. The molecule has 3 amide bonds. The summed E-state index contributed by atoms with van der Waals surface area (Å²) in [6.07, 6.45) is 1.95. The third kappa shape index (κ3) is 3.51. The van der Waals surface area contributed by atoms with E-state index in [9.17, 15) is 14.4 Å². The van der Waals surface area contributed by atoms with Crippen LogP contribution >= 0.6 is 35.0 Å². The van der Waals surface area contributed by atoms with Crippen molar-refractivity contribution in [3.05, 3.63) is 57.6 Å². The first-order valence-corrected chi connectivity index (χ1v) is 9.18. The molecule has 0 saturated carbocycles. The van der Waals surface area contributed by atoms with Crippen molar-refractivity contribution in [3.8, 4) is 0 Å². The average molecular weight is 395 g/mol. The third-order valence-electron chi connectivity index (χ3n) is 3.69. The van der Waals surface area contributed by atoms with Crippen LogP contribution < -0.4 is 5.32 Å². The second-order valence-electron chi connectivity index (χ2n) is 5.29. The zero-order valence-electron chi connectivity index (χ0n) is 13.0. The fourth-order valence-corrected chi connectivity index (χ4v) is 3.18. The van der Waals surface area contributed by atoms with Gasteiger partial charge in [0.1, 0.15) is 6.54 Å². The molecule has 1 aliphatic heterocycles. The van der Waals surface area contributed by atoms with Crippen LogP contribution in [-0.2, 0) is 4.79 Å². The van der Waals surface area contributed by atoms with Crippen molar-refractivity contribution in [1.29, 1.82) is 0 Å². The second-order valence-corrected chi connectivity index (χ2v) is 6.98. The molecule has 0 bridgehead atoms. The fourth-order valence-electron chi connectivity index (χ4n) is 2.45. The van der Waals surface area contributed by atoms with Crippen molar-refractivity contribution >= 4 is 58.4 Å². The van der Waals surface area contributed by atoms with Gasteiger partial charge in [-0.1, -0.05) is 23.2 Å². The molecule has 0 saturated heterocycles. The SMILES string of the molecule is CSc1ccc(NC(=O)CN2C(=O)c3cc(Cl)c(Cl)cc3C2=O)cc1. The maximum absolute atomic E-state index is 12.4. The summed E-state index contributed by atoms with van der Waals surface area (Å²) in [7, 11) is 0. The summed E-state index contributed by atoms with van der Waals surface area (Å²) in [5.41, 5.74) is 0.888. The number of rotatable bonds is 4. The Morgan fingerprint density at radius 2 is 1.56 bits per heavy atom. The Balaban J connectivity index is 1.73. The summed E-state index contributed by atoms with van der Waals surface area (Å²) in [5, 5.41) is 3.03. The lowest BCUT2D eigenvalue weighted by atomic mass is 10.1. The number of hydrogen-bond donors (Lipinski definition) is 1. The topological polar surface area (TPSA) is 66.5 Å². The smallest absolute Gasteiger partial charge is 0.262 e. The monoisotopic (exact) mass is 394 g/mol. The van der Waals surface area contributed by atoms with Crippen molar-refractivity contribution in [2.75, 3.05) is 18.1 Å². The van der Waals surface area contributed by atoms with Gasteiger partial charge in [-0.25, -0.2) is 0 Å². The molecule has 0 aliphatic carbocycles. The summed E-state index contributed by atoms with van der Waals surface area (Å²) in [4.78, 5) is 38.8. The number of carbonyl (C=O) groups is 3. The normalized spacial score (nSPS) is 13.2. The molecule has 1 aliphatic rings. The molecule has 0 unspecified atom stereocenters. The van der Waals surface area contributed by atoms with Crippen LogP contribution in [0.1, 0.15) is 20.7 Å². The van der Waals surface area contributed by atoms with E-state index in [1.54, 1.807) is 23.9 Å². The van der Waals surface area contributed by atoms with E-state index in [0.717, 1.165) is 9.80 Å². The summed E-state index contributed by atoms with van der Waals surface area (Å²) < 4.78 is 0. The van der Waals surface area contributed by atoms with Crippen molar-refractivity contribution in [2.24, 2.45) is 0 Å². The number of imide groups is 1. The van der Waals surface area contributed by atoms with Crippen LogP contribution in [0, 0.1) is 0 Å². The van der Waals surface area contributed by atoms with Crippen molar-refractivity contribution in [3.63, 3.8) is 0 Å². The van der Waals surface area contributed by atoms with E-state index in [1.807, 2.05) is 18.4 Å². The molecule has 25 heavy (non-hydrogen) atoms. The van der Waals surface area contributed by atoms with Crippen LogP contribution in [0.5, 0.6) is 0 Å². The number of amides is 3. The van der Waals surface area contributed by atoms with Crippen LogP contribution in [0.15, 0.2) is 41.3 Å². The third-order valence-corrected chi connectivity index (χ3v) is 5.15. The predicted octanol–water partition coefficient (Wildman–Crippen LogP) is 3.95. The highest BCUT2D eigenvalue weighted by Gasteiger charge is 2.37. The molecule has 1 heterocycles. The minimum atomic E-state index is -0.563. The largest absolute Gasteiger partial charge is 0.325 e. The van der Waals surface area contributed by atoms with Crippen molar-refractivity contribution in [1.82, 2.24) is 4.90 Å². The molecule has 128 valence electrons. The summed E-state index contributed by atoms with van der Waals surface area (Å²) >= 11 is 13.4. The maximum Gasteiger partial charge on any atom is 0.262 e. The fraction of sp³-hybridized carbons (Fsp3) is 0.118. The highest BCUT2D eigenvalue weighted by molar-refractivity contribution is 7.98. The first-order valence-electron chi connectivity index (χ1n) is 7.20. The Kier molecular flexibility index (Phi) is 5.03. The first-order chi connectivity index (χ1) is 11.9. The van der Waals surface area contributed by atoms with Crippen LogP contribution in [-0.4, -0.2) is 35.4 Å². The summed E-state index contributed by atoms with van der Waals surface area (Å²) in [5.74, 6) is -1.60. The molecule has 0 spiro atoms. The first kappa shape index (κ1) is 17.8. The Bertz CT molecular complexity index is 843. The van der Waals surface area contributed by atoms with Gasteiger partial charge in [0.05, 0.1) is 21.2 Å². The molecule has 8 heteroatoms. The Morgan fingerprint density at radius 1 is 1.04 bits per heavy atom. The number of halogens is 2. The average Bonchev–Trinajstić information content (AvgIpc) is 2.81. The minimum Gasteiger partial charge on any atom is -0.325 e. The number of anilines is 1. The van der Waals surface area contributed by atoms with Gasteiger partial charge in [-0.3, -0.25) is 19.3 Å². The lowest BCUT2D eigenvalue weighted by Gasteiger charge is -2.13. The predicted molar refractivity (Wildman–Crippen MR) is 98.7 cm³/mol. The number of nitrogens with zero attached hydrogens (tertiary/aromatic N) is 1. The Morgan fingerprint density at radius 3 is 2.04 bits per heavy atom. The van der Waals surface area contributed by atoms with Crippen LogP contribution in [0.4, 0.5) is 5.69 Å². The Labute approximate surface area is 158 Å². The zero-order valence-corrected chi connectivity index (χ0v) is 15.3. The van der Waals surface area contributed by atoms with Gasteiger partial charge < -0.3 is 5.32 Å². The standard InChI is InChI=1S/C17H12Cl2N2O3S/c1-25-10-4-2-9(3-5-10)20-15(22)8-21-16(23)11-6-13(18)14(19)7-12(11)17(21)24/h2-7H,8H2,1H3,(H,20,22). The number of benzene rings is 2. The van der Waals surface area contributed by atoms with Gasteiger partial charge in [-0.05, 0) is 42.7 Å². The van der Waals surface area contributed by atoms with Gasteiger partial charge in [-0.15, -0.1) is 11.8 Å². The molecule has 2 aromatic carbocycles. The number of hydrogen-bond acceptors (Lipinski definition) is 4. The molecule has 1 N–H and O–H groups in total. The molecular weight excluding hydrogens is 383 g/mol. The van der Waals surface area contributed by atoms with E-state index in [2.05, 4.69) is 5.32 Å². The molecule has 5 nitrogen and oxygen atoms in total. The second kappa shape index (κ2) is 7.07. The molecule has 0 radical (unpaired) electrons. The van der Waals surface area contributed by atoms with Gasteiger partial charge >= 0.3 is 0 Å². The zero-order chi connectivity index (χ0) is 18.1. The highest BCUT2D eigenvalue weighted by Crippen LogP contribution is 2.31. The molecule has 0 atom stereocenters. The van der Waals surface area contributed by atoms with Gasteiger partial charge in [0.25, 0.3) is 11.8 Å². The quantitative estimate of drug-likeness (QED) is 0.629. The van der Waals surface area contributed by atoms with E-state index in [-0.39, 0.29) is 27.7 Å². The van der Waals surface area contributed by atoms with E-state index in [0.29, 0.717) is 5.69 Å². The van der Waals surface area contributed by atoms with Crippen LogP contribution in [0.2, 0.25) is 10.0 Å². The lowest BCUT2D eigenvalue weighted by molar-refractivity contribution is -0.116. The van der Waals surface area contributed by atoms with Crippen molar-refractivity contribution < 1.29 is 14.4 Å². The van der Waals surface area contributed by atoms with E-state index < -0.39 is 17.7 Å². The molecule has 2 aromatic rings.